The lowest BCUT2D eigenvalue weighted by atomic mass is 9.77. The highest BCUT2D eigenvalue weighted by Crippen LogP contribution is 2.43. The molecule has 1 aliphatic rings. The Morgan fingerprint density at radius 3 is 1.81 bits per heavy atom. The average Bonchev–Trinajstić information content (AvgIpc) is 3.14. The van der Waals surface area contributed by atoms with E-state index < -0.39 is 17.9 Å². The van der Waals surface area contributed by atoms with Crippen LogP contribution in [0.1, 0.15) is 108 Å². The molecule has 1 saturated carbocycles. The lowest BCUT2D eigenvalue weighted by molar-refractivity contribution is -0.140. The average molecular weight is 733 g/mol. The predicted octanol–water partition coefficient (Wildman–Crippen LogP) is 8.79. The summed E-state index contributed by atoms with van der Waals surface area (Å²) in [5.74, 6) is 0.828. The molecule has 0 spiro atoms. The second-order valence-corrected chi connectivity index (χ2v) is 14.1. The number of aliphatic hydroxyl groups is 1. The van der Waals surface area contributed by atoms with E-state index >= 15 is 0 Å². The van der Waals surface area contributed by atoms with Crippen LogP contribution in [0.3, 0.4) is 0 Å². The molecule has 53 heavy (non-hydrogen) atoms. The van der Waals surface area contributed by atoms with Crippen LogP contribution in [-0.2, 0) is 41.4 Å². The van der Waals surface area contributed by atoms with Crippen LogP contribution in [0.15, 0.2) is 66.8 Å². The van der Waals surface area contributed by atoms with Crippen molar-refractivity contribution in [3.05, 3.63) is 83.5 Å². The molecule has 3 rings (SSSR count). The summed E-state index contributed by atoms with van der Waals surface area (Å²) in [6.07, 6.45) is 11.3. The van der Waals surface area contributed by atoms with Gasteiger partial charge in [-0.3, -0.25) is 0 Å². The first-order valence-electron chi connectivity index (χ1n) is 19.1. The molecule has 0 heterocycles. The third-order valence-corrected chi connectivity index (χ3v) is 9.55. The van der Waals surface area contributed by atoms with E-state index in [2.05, 4.69) is 50.9 Å². The lowest BCUT2D eigenvalue weighted by Gasteiger charge is -2.29. The van der Waals surface area contributed by atoms with Gasteiger partial charge in [0.25, 0.3) is 0 Å². The number of ether oxygens (including phenoxy) is 5. The van der Waals surface area contributed by atoms with Gasteiger partial charge in [0.1, 0.15) is 37.9 Å². The predicted molar refractivity (Wildman–Crippen MR) is 208 cm³/mol. The minimum atomic E-state index is -0.520. The normalized spacial score (nSPS) is 15.3. The summed E-state index contributed by atoms with van der Waals surface area (Å²) in [7, 11) is 0. The van der Waals surface area contributed by atoms with Crippen molar-refractivity contribution >= 4 is 17.9 Å². The summed E-state index contributed by atoms with van der Waals surface area (Å²) in [5, 5.41) is 9.84. The number of carbonyl (C=O) groups excluding carboxylic acids is 3. The van der Waals surface area contributed by atoms with Gasteiger partial charge in [-0.2, -0.15) is 0 Å². The van der Waals surface area contributed by atoms with E-state index in [4.69, 9.17) is 23.7 Å². The fourth-order valence-electron chi connectivity index (χ4n) is 6.60. The molecule has 0 aromatic heterocycles. The van der Waals surface area contributed by atoms with E-state index in [1.807, 2.05) is 6.07 Å². The minimum Gasteiger partial charge on any atom is -0.490 e. The van der Waals surface area contributed by atoms with Gasteiger partial charge in [0, 0.05) is 40.9 Å². The molecule has 290 valence electrons. The molecule has 2 aromatic rings. The first kappa shape index (κ1) is 43.0. The molecule has 0 radical (unpaired) electrons. The third-order valence-electron chi connectivity index (χ3n) is 9.55. The highest BCUT2D eigenvalue weighted by Gasteiger charge is 2.25. The Labute approximate surface area is 316 Å². The molecule has 0 aliphatic heterocycles. The number of hydrogen-bond acceptors (Lipinski definition) is 9. The van der Waals surface area contributed by atoms with Crippen LogP contribution >= 0.6 is 0 Å². The SMILES string of the molecule is C=C(C)C(=O)OCCOc1cc(-c2ccc(C3CCC(CCCCC)CC3)cc2)c(CCOC(=O)C(=C)C)c(OCCOC(=O)C(=C)C)c1CCCO. The number of esters is 3. The van der Waals surface area contributed by atoms with Crippen molar-refractivity contribution in [2.75, 3.05) is 39.6 Å². The Kier molecular flexibility index (Phi) is 18.4. The van der Waals surface area contributed by atoms with Gasteiger partial charge in [0.15, 0.2) is 0 Å². The van der Waals surface area contributed by atoms with Crippen LogP contribution < -0.4 is 9.47 Å². The number of benzene rings is 2. The van der Waals surface area contributed by atoms with Gasteiger partial charge in [-0.25, -0.2) is 14.4 Å². The molecule has 0 amide bonds. The molecule has 1 fully saturated rings. The maximum absolute atomic E-state index is 12.4. The molecule has 1 aliphatic carbocycles. The fraction of sp³-hybridized carbons (Fsp3) is 0.523. The van der Waals surface area contributed by atoms with Crippen molar-refractivity contribution in [3.63, 3.8) is 0 Å². The Bertz CT molecular complexity index is 1550. The van der Waals surface area contributed by atoms with Gasteiger partial charge >= 0.3 is 17.9 Å². The van der Waals surface area contributed by atoms with Gasteiger partial charge in [0.05, 0.1) is 6.61 Å². The second-order valence-electron chi connectivity index (χ2n) is 14.1. The maximum Gasteiger partial charge on any atom is 0.333 e. The van der Waals surface area contributed by atoms with Crippen molar-refractivity contribution in [1.82, 2.24) is 0 Å². The van der Waals surface area contributed by atoms with E-state index in [0.717, 1.165) is 22.6 Å². The van der Waals surface area contributed by atoms with Gasteiger partial charge in [0.2, 0.25) is 0 Å². The zero-order valence-electron chi connectivity index (χ0n) is 32.4. The topological polar surface area (TPSA) is 118 Å². The molecular weight excluding hydrogens is 672 g/mol. The van der Waals surface area contributed by atoms with Crippen molar-refractivity contribution in [2.45, 2.75) is 104 Å². The summed E-state index contributed by atoms with van der Waals surface area (Å²) in [4.78, 5) is 36.5. The zero-order valence-corrected chi connectivity index (χ0v) is 32.4. The Morgan fingerprint density at radius 2 is 1.26 bits per heavy atom. The number of aliphatic hydroxyl groups excluding tert-OH is 1. The Hall–Kier alpha value is -4.37. The Balaban J connectivity index is 2.03. The van der Waals surface area contributed by atoms with Gasteiger partial charge < -0.3 is 28.8 Å². The molecule has 9 nitrogen and oxygen atoms in total. The van der Waals surface area contributed by atoms with E-state index in [0.29, 0.717) is 53.4 Å². The number of hydrogen-bond donors (Lipinski definition) is 1. The molecule has 0 bridgehead atoms. The number of unbranched alkanes of at least 4 members (excludes halogenated alkanes) is 2. The summed E-state index contributed by atoms with van der Waals surface area (Å²) in [5.41, 5.74) is 5.40. The van der Waals surface area contributed by atoms with Gasteiger partial charge in [-0.15, -0.1) is 0 Å². The van der Waals surface area contributed by atoms with Gasteiger partial charge in [-0.1, -0.05) is 76.6 Å². The highest BCUT2D eigenvalue weighted by atomic mass is 16.6. The first-order chi connectivity index (χ1) is 25.5. The Morgan fingerprint density at radius 1 is 0.698 bits per heavy atom. The van der Waals surface area contributed by atoms with Crippen LogP contribution in [0.2, 0.25) is 0 Å². The van der Waals surface area contributed by atoms with Crippen LogP contribution in [0.4, 0.5) is 0 Å². The molecule has 0 unspecified atom stereocenters. The summed E-state index contributed by atoms with van der Waals surface area (Å²) >= 11 is 0. The van der Waals surface area contributed by atoms with Gasteiger partial charge in [-0.05, 0) is 93.9 Å². The monoisotopic (exact) mass is 732 g/mol. The molecule has 0 saturated heterocycles. The van der Waals surface area contributed by atoms with Crippen molar-refractivity contribution in [2.24, 2.45) is 5.92 Å². The van der Waals surface area contributed by atoms with E-state index in [9.17, 15) is 19.5 Å². The van der Waals surface area contributed by atoms with Crippen molar-refractivity contribution in [3.8, 4) is 22.6 Å². The van der Waals surface area contributed by atoms with Crippen molar-refractivity contribution in [1.29, 1.82) is 0 Å². The van der Waals surface area contributed by atoms with E-state index in [1.54, 1.807) is 20.8 Å². The highest BCUT2D eigenvalue weighted by molar-refractivity contribution is 5.87. The number of rotatable bonds is 23. The smallest absolute Gasteiger partial charge is 0.333 e. The second kappa shape index (κ2) is 22.6. The first-order valence-corrected chi connectivity index (χ1v) is 19.1. The molecular formula is C44H60O9. The van der Waals surface area contributed by atoms with Crippen LogP contribution in [0.5, 0.6) is 11.5 Å². The summed E-state index contributed by atoms with van der Waals surface area (Å²) in [6.45, 7) is 18.0. The standard InChI is InChI=1S/C44H60O9/c1-8-9-10-12-33-14-16-34(17-15-33)35-18-20-36(21-19-35)39-29-40(49-25-27-52-43(47)31(4)5)38(13-11-23-45)41(50-26-28-53-44(48)32(6)7)37(39)22-24-51-42(46)30(2)3/h18-21,29,33-34,45H,2,4,6,8-17,22-28H2,1,3,5,7H3. The van der Waals surface area contributed by atoms with Crippen molar-refractivity contribution < 1.29 is 43.2 Å². The largest absolute Gasteiger partial charge is 0.490 e. The third kappa shape index (κ3) is 13.8. The maximum atomic E-state index is 12.4. The zero-order chi connectivity index (χ0) is 38.8. The number of carbonyl (C=O) groups is 3. The van der Waals surface area contributed by atoms with Crippen LogP contribution in [0.25, 0.3) is 11.1 Å². The summed E-state index contributed by atoms with van der Waals surface area (Å²) < 4.78 is 28.9. The van der Waals surface area contributed by atoms with Crippen LogP contribution in [0, 0.1) is 5.92 Å². The summed E-state index contributed by atoms with van der Waals surface area (Å²) in [6, 6.07) is 10.6. The fourth-order valence-corrected chi connectivity index (χ4v) is 6.60. The quantitative estimate of drug-likeness (QED) is 0.0518. The van der Waals surface area contributed by atoms with E-state index in [1.165, 1.54) is 56.9 Å². The van der Waals surface area contributed by atoms with E-state index in [-0.39, 0.29) is 45.2 Å². The molecule has 2 aromatic carbocycles. The lowest BCUT2D eigenvalue weighted by Crippen LogP contribution is -2.17. The molecule has 9 heteroatoms. The minimum absolute atomic E-state index is 0.00165. The van der Waals surface area contributed by atoms with Crippen LogP contribution in [-0.4, -0.2) is 62.7 Å². The molecule has 1 N–H and O–H groups in total. The molecule has 0 atom stereocenters.